The molecule has 1 aromatic carbocycles. The molecular formula is C19H20FN5O3S. The Morgan fingerprint density at radius 2 is 2.07 bits per heavy atom. The van der Waals surface area contributed by atoms with Gasteiger partial charge >= 0.3 is 11.8 Å². The number of imidazole rings is 1. The van der Waals surface area contributed by atoms with Gasteiger partial charge in [-0.3, -0.25) is 4.57 Å². The van der Waals surface area contributed by atoms with Crippen LogP contribution in [0.3, 0.4) is 0 Å². The van der Waals surface area contributed by atoms with Gasteiger partial charge in [0.25, 0.3) is 0 Å². The molecule has 0 N–H and O–H groups in total. The third kappa shape index (κ3) is 4.28. The van der Waals surface area contributed by atoms with Gasteiger partial charge in [0.05, 0.1) is 12.2 Å². The number of benzene rings is 1. The Kier molecular flexibility index (Phi) is 5.29. The number of nitro groups is 1. The monoisotopic (exact) mass is 417 g/mol. The van der Waals surface area contributed by atoms with E-state index < -0.39 is 4.92 Å². The van der Waals surface area contributed by atoms with Crippen molar-refractivity contribution in [2.45, 2.75) is 32.5 Å². The first kappa shape index (κ1) is 19.5. The Balaban J connectivity index is 0.000000150. The van der Waals surface area contributed by atoms with E-state index in [1.54, 1.807) is 28.0 Å². The number of hydrogen-bond donors (Lipinski definition) is 0. The van der Waals surface area contributed by atoms with Crippen molar-refractivity contribution >= 4 is 17.2 Å². The zero-order chi connectivity index (χ0) is 20.5. The lowest BCUT2D eigenvalue weighted by Gasteiger charge is -2.20. The van der Waals surface area contributed by atoms with E-state index in [9.17, 15) is 14.5 Å². The number of fused-ring (bicyclic) bond motifs is 2. The minimum Gasteiger partial charge on any atom is -0.441 e. The second-order valence-electron chi connectivity index (χ2n) is 7.10. The van der Waals surface area contributed by atoms with Crippen molar-refractivity contribution in [3.63, 3.8) is 0 Å². The molecule has 2 aliphatic heterocycles. The number of halogens is 1. The quantitative estimate of drug-likeness (QED) is 0.469. The van der Waals surface area contributed by atoms with E-state index in [0.29, 0.717) is 12.6 Å². The van der Waals surface area contributed by atoms with E-state index >= 15 is 0 Å². The Labute approximate surface area is 170 Å². The van der Waals surface area contributed by atoms with E-state index in [4.69, 9.17) is 4.74 Å². The SMILES string of the molecule is CC1Cn2cc([N+](=O)[O-])nc2O1.CN1CCc2nc(-c3ccc(F)cc3)sc2C1. The molecule has 0 saturated carbocycles. The molecule has 2 aromatic heterocycles. The maximum absolute atomic E-state index is 12.9. The fraction of sp³-hybridized carbons (Fsp3) is 0.368. The number of ether oxygens (including phenoxy) is 1. The molecule has 152 valence electrons. The average Bonchev–Trinajstić information content (AvgIpc) is 3.35. The Bertz CT molecular complexity index is 1010. The maximum Gasteiger partial charge on any atom is 0.414 e. The summed E-state index contributed by atoms with van der Waals surface area (Å²) < 4.78 is 19.7. The minimum atomic E-state index is -0.528. The van der Waals surface area contributed by atoms with Gasteiger partial charge < -0.3 is 19.8 Å². The van der Waals surface area contributed by atoms with Gasteiger partial charge in [0.15, 0.2) is 0 Å². The second-order valence-corrected chi connectivity index (χ2v) is 8.19. The summed E-state index contributed by atoms with van der Waals surface area (Å²) in [6.07, 6.45) is 2.47. The van der Waals surface area contributed by atoms with Crippen molar-refractivity contribution in [1.29, 1.82) is 0 Å². The Hall–Kier alpha value is -2.85. The largest absolute Gasteiger partial charge is 0.441 e. The highest BCUT2D eigenvalue weighted by atomic mass is 32.1. The van der Waals surface area contributed by atoms with Crippen LogP contribution in [0.15, 0.2) is 30.5 Å². The number of nitrogens with zero attached hydrogens (tertiary/aromatic N) is 5. The van der Waals surface area contributed by atoms with Gasteiger partial charge in [0.1, 0.15) is 23.1 Å². The third-order valence-electron chi connectivity index (χ3n) is 4.69. The number of aromatic nitrogens is 3. The van der Waals surface area contributed by atoms with Crippen LogP contribution in [0.4, 0.5) is 10.2 Å². The van der Waals surface area contributed by atoms with Crippen molar-refractivity contribution in [3.05, 3.63) is 57.0 Å². The summed E-state index contributed by atoms with van der Waals surface area (Å²) in [6.45, 7) is 4.57. The lowest BCUT2D eigenvalue weighted by atomic mass is 10.2. The van der Waals surface area contributed by atoms with Gasteiger partial charge in [0.2, 0.25) is 0 Å². The normalized spacial score (nSPS) is 17.7. The molecule has 0 spiro atoms. The highest BCUT2D eigenvalue weighted by Gasteiger charge is 2.28. The molecule has 3 aromatic rings. The first-order valence-electron chi connectivity index (χ1n) is 9.20. The summed E-state index contributed by atoms with van der Waals surface area (Å²) in [4.78, 5) is 21.7. The summed E-state index contributed by atoms with van der Waals surface area (Å²) in [5, 5.41) is 11.3. The van der Waals surface area contributed by atoms with Crippen molar-refractivity contribution in [2.24, 2.45) is 0 Å². The van der Waals surface area contributed by atoms with Crippen molar-refractivity contribution in [2.75, 3.05) is 13.6 Å². The van der Waals surface area contributed by atoms with Gasteiger partial charge in [0, 0.05) is 34.9 Å². The summed E-state index contributed by atoms with van der Waals surface area (Å²) in [6, 6.07) is 6.91. The first-order chi connectivity index (χ1) is 13.9. The molecular weight excluding hydrogens is 397 g/mol. The zero-order valence-corrected chi connectivity index (χ0v) is 16.9. The van der Waals surface area contributed by atoms with Crippen LogP contribution in [0.5, 0.6) is 6.01 Å². The summed E-state index contributed by atoms with van der Waals surface area (Å²) in [5.41, 5.74) is 2.22. The smallest absolute Gasteiger partial charge is 0.414 e. The van der Waals surface area contributed by atoms with Crippen molar-refractivity contribution < 1.29 is 14.1 Å². The van der Waals surface area contributed by atoms with Gasteiger partial charge in [-0.15, -0.1) is 11.3 Å². The predicted molar refractivity (Wildman–Crippen MR) is 107 cm³/mol. The van der Waals surface area contributed by atoms with E-state index in [1.807, 2.05) is 6.92 Å². The molecule has 0 saturated heterocycles. The number of rotatable bonds is 2. The third-order valence-corrected chi connectivity index (χ3v) is 5.82. The molecule has 29 heavy (non-hydrogen) atoms. The molecule has 1 unspecified atom stereocenters. The van der Waals surface area contributed by atoms with Crippen LogP contribution in [0.25, 0.3) is 10.6 Å². The molecule has 5 rings (SSSR count). The molecule has 0 bridgehead atoms. The van der Waals surface area contributed by atoms with Crippen LogP contribution >= 0.6 is 11.3 Å². The van der Waals surface area contributed by atoms with E-state index in [2.05, 4.69) is 21.9 Å². The van der Waals surface area contributed by atoms with Crippen LogP contribution in [-0.2, 0) is 19.5 Å². The van der Waals surface area contributed by atoms with Crippen LogP contribution in [-0.4, -0.2) is 44.1 Å². The molecule has 10 heteroatoms. The molecule has 0 fully saturated rings. The van der Waals surface area contributed by atoms with Gasteiger partial charge in [-0.05, 0) is 43.2 Å². The second kappa shape index (κ2) is 7.88. The van der Waals surface area contributed by atoms with Crippen LogP contribution in [0, 0.1) is 15.9 Å². The Morgan fingerprint density at radius 3 is 2.76 bits per heavy atom. The summed E-state index contributed by atoms with van der Waals surface area (Å²) in [7, 11) is 2.13. The highest BCUT2D eigenvalue weighted by molar-refractivity contribution is 7.15. The fourth-order valence-electron chi connectivity index (χ4n) is 3.23. The molecule has 2 aliphatic rings. The van der Waals surface area contributed by atoms with Crippen LogP contribution in [0.1, 0.15) is 17.5 Å². The maximum atomic E-state index is 12.9. The van der Waals surface area contributed by atoms with Gasteiger partial charge in [-0.25, -0.2) is 9.37 Å². The zero-order valence-electron chi connectivity index (χ0n) is 16.0. The van der Waals surface area contributed by atoms with Gasteiger partial charge in [-0.1, -0.05) is 0 Å². The molecule has 4 heterocycles. The summed E-state index contributed by atoms with van der Waals surface area (Å²) in [5.74, 6) is -0.355. The fourth-order valence-corrected chi connectivity index (χ4v) is 4.43. The van der Waals surface area contributed by atoms with Gasteiger partial charge in [-0.2, -0.15) is 0 Å². The first-order valence-corrected chi connectivity index (χ1v) is 10.0. The van der Waals surface area contributed by atoms with Crippen molar-refractivity contribution in [3.8, 4) is 16.6 Å². The van der Waals surface area contributed by atoms with E-state index in [0.717, 1.165) is 30.1 Å². The average molecular weight is 417 g/mol. The Morgan fingerprint density at radius 1 is 1.31 bits per heavy atom. The molecule has 8 nitrogen and oxygen atoms in total. The van der Waals surface area contributed by atoms with Crippen molar-refractivity contribution in [1.82, 2.24) is 19.4 Å². The summed E-state index contributed by atoms with van der Waals surface area (Å²) >= 11 is 1.72. The molecule has 0 aliphatic carbocycles. The van der Waals surface area contributed by atoms with Crippen LogP contribution < -0.4 is 4.74 Å². The lowest BCUT2D eigenvalue weighted by molar-refractivity contribution is -0.389. The molecule has 0 amide bonds. The standard InChI is InChI=1S/C13H13FN2S.C6H7N3O3/c1-16-7-6-11-12(8-16)17-13(15-11)9-2-4-10(14)5-3-9;1-4-2-8-3-5(9(10)11)7-6(8)12-4/h2-5H,6-8H2,1H3;3-4H,2H2,1H3. The number of likely N-dealkylation sites (N-methyl/N-ethyl adjacent to an activating group) is 1. The lowest BCUT2D eigenvalue weighted by Crippen LogP contribution is -2.25. The minimum absolute atomic E-state index is 0.0632. The topological polar surface area (TPSA) is 86.3 Å². The van der Waals surface area contributed by atoms with Crippen LogP contribution in [0.2, 0.25) is 0 Å². The highest BCUT2D eigenvalue weighted by Crippen LogP contribution is 2.31. The van der Waals surface area contributed by atoms with E-state index in [-0.39, 0.29) is 17.7 Å². The molecule has 0 radical (unpaired) electrons. The molecule has 1 atom stereocenters. The predicted octanol–water partition coefficient (Wildman–Crippen LogP) is 3.51. The number of hydrogen-bond acceptors (Lipinski definition) is 7. The number of thiazole rings is 1. The van der Waals surface area contributed by atoms with E-state index in [1.165, 1.54) is 28.9 Å².